The summed E-state index contributed by atoms with van der Waals surface area (Å²) in [7, 11) is 0. The Labute approximate surface area is 249 Å². The molecule has 4 aromatic carbocycles. The van der Waals surface area contributed by atoms with E-state index >= 15 is 0 Å². The minimum Gasteiger partial charge on any atom is -0.454 e. The third kappa shape index (κ3) is 3.35. The van der Waals surface area contributed by atoms with Crippen LogP contribution in [0.3, 0.4) is 0 Å². The molecule has 0 unspecified atom stereocenters. The fourth-order valence-corrected chi connectivity index (χ4v) is 7.40. The van der Waals surface area contributed by atoms with Gasteiger partial charge in [0.15, 0.2) is 23.1 Å². The Morgan fingerprint density at radius 1 is 0.857 bits per heavy atom. The van der Waals surface area contributed by atoms with Gasteiger partial charge in [-0.2, -0.15) is 0 Å². The average molecular weight is 619 g/mol. The largest absolute Gasteiger partial charge is 0.454 e. The van der Waals surface area contributed by atoms with E-state index in [9.17, 15) is 14.4 Å². The van der Waals surface area contributed by atoms with E-state index in [4.69, 9.17) is 9.47 Å². The summed E-state index contributed by atoms with van der Waals surface area (Å²) in [6.45, 7) is 0.0677. The molecule has 4 aliphatic heterocycles. The Hall–Kier alpha value is -4.69. The zero-order chi connectivity index (χ0) is 28.6. The Bertz CT molecular complexity index is 1850. The van der Waals surface area contributed by atoms with Crippen molar-refractivity contribution in [1.82, 2.24) is 0 Å². The van der Waals surface area contributed by atoms with Gasteiger partial charge in [-0.15, -0.1) is 0 Å². The Balaban J connectivity index is 1.41. The molecule has 0 aliphatic carbocycles. The smallest absolute Gasteiger partial charge is 0.238 e. The number of carbonyl (C=O) groups is 3. The first kappa shape index (κ1) is 25.1. The van der Waals surface area contributed by atoms with Crippen LogP contribution in [0.4, 0.5) is 11.4 Å². The van der Waals surface area contributed by atoms with Crippen LogP contribution in [0.1, 0.15) is 31.8 Å². The van der Waals surface area contributed by atoms with Crippen molar-refractivity contribution in [3.8, 4) is 11.5 Å². The molecule has 8 rings (SSSR count). The van der Waals surface area contributed by atoms with Gasteiger partial charge >= 0.3 is 0 Å². The number of fused-ring (bicyclic) bond motifs is 7. The van der Waals surface area contributed by atoms with Gasteiger partial charge in [-0.05, 0) is 53.6 Å². The first-order valence-electron chi connectivity index (χ1n) is 13.7. The number of rotatable bonds is 4. The lowest BCUT2D eigenvalue weighted by Gasteiger charge is -2.37. The van der Waals surface area contributed by atoms with Gasteiger partial charge in [-0.25, -0.2) is 0 Å². The number of para-hydroxylation sites is 2. The van der Waals surface area contributed by atoms with Gasteiger partial charge in [0.1, 0.15) is 11.5 Å². The molecule has 0 aromatic heterocycles. The predicted octanol–water partition coefficient (Wildman–Crippen LogP) is 6.03. The van der Waals surface area contributed by atoms with Crippen LogP contribution in [0.5, 0.6) is 11.5 Å². The number of anilines is 2. The van der Waals surface area contributed by atoms with Gasteiger partial charge in [0, 0.05) is 27.0 Å². The van der Waals surface area contributed by atoms with Crippen LogP contribution >= 0.6 is 15.9 Å². The number of nitrogens with zero attached hydrogens (tertiary/aromatic N) is 1. The van der Waals surface area contributed by atoms with Gasteiger partial charge in [0.05, 0.1) is 12.0 Å². The number of benzene rings is 4. The maximum absolute atomic E-state index is 14.9. The molecule has 1 amide bonds. The van der Waals surface area contributed by atoms with Crippen LogP contribution in [0.15, 0.2) is 102 Å². The molecule has 8 heteroatoms. The second-order valence-corrected chi connectivity index (χ2v) is 11.8. The maximum atomic E-state index is 14.9. The molecule has 0 bridgehead atoms. The standard InChI is InChI=1S/C34H23BrN2O5/c35-22-13-9-20(10-14-22)32(39)30-29(31(38)21-11-15-26-27(17-21)42-18-41-26)34(23-6-2-3-7-24(23)36-33(34)40)28-16-12-19-5-1-4-8-25(19)37(28)30/h1-17,28-30H,18H2,(H,36,40)/t28-,29-,30+,34+/m0/s1. The molecule has 42 heavy (non-hydrogen) atoms. The lowest BCUT2D eigenvalue weighted by atomic mass is 9.64. The minimum atomic E-state index is -1.37. The molecule has 1 saturated heterocycles. The van der Waals surface area contributed by atoms with Crippen molar-refractivity contribution in [3.63, 3.8) is 0 Å². The minimum absolute atomic E-state index is 0.0677. The monoisotopic (exact) mass is 618 g/mol. The van der Waals surface area contributed by atoms with Gasteiger partial charge in [0.25, 0.3) is 0 Å². The molecule has 4 atom stereocenters. The third-order valence-corrected chi connectivity index (χ3v) is 9.41. The number of halogens is 1. The fraction of sp³-hybridized carbons (Fsp3) is 0.147. The number of nitrogens with one attached hydrogen (secondary N) is 1. The third-order valence-electron chi connectivity index (χ3n) is 8.88. The van der Waals surface area contributed by atoms with E-state index in [1.165, 1.54) is 0 Å². The highest BCUT2D eigenvalue weighted by Gasteiger charge is 2.70. The van der Waals surface area contributed by atoms with E-state index in [1.807, 2.05) is 77.7 Å². The van der Waals surface area contributed by atoms with Crippen molar-refractivity contribution in [2.75, 3.05) is 17.0 Å². The Kier molecular flexibility index (Phi) is 5.46. The van der Waals surface area contributed by atoms with Crippen LogP contribution in [-0.2, 0) is 10.2 Å². The molecule has 1 N–H and O–H groups in total. The number of ether oxygens (including phenoxy) is 2. The fourth-order valence-electron chi connectivity index (χ4n) is 7.13. The molecule has 4 aliphatic rings. The van der Waals surface area contributed by atoms with E-state index in [-0.39, 0.29) is 24.3 Å². The highest BCUT2D eigenvalue weighted by molar-refractivity contribution is 9.10. The van der Waals surface area contributed by atoms with Crippen molar-refractivity contribution in [2.24, 2.45) is 5.92 Å². The molecule has 4 heterocycles. The van der Waals surface area contributed by atoms with Crippen molar-refractivity contribution in [1.29, 1.82) is 0 Å². The lowest BCUT2D eigenvalue weighted by Crippen LogP contribution is -2.51. The topological polar surface area (TPSA) is 84.9 Å². The summed E-state index contributed by atoms with van der Waals surface area (Å²) in [6.07, 6.45) is 3.96. The lowest BCUT2D eigenvalue weighted by molar-refractivity contribution is -0.121. The van der Waals surface area contributed by atoms with Gasteiger partial charge in [-0.1, -0.05) is 76.6 Å². The predicted molar refractivity (Wildman–Crippen MR) is 161 cm³/mol. The molecule has 0 saturated carbocycles. The summed E-state index contributed by atoms with van der Waals surface area (Å²) in [6, 6.07) is 25.9. The molecule has 1 spiro atoms. The summed E-state index contributed by atoms with van der Waals surface area (Å²) in [5, 5.41) is 3.06. The van der Waals surface area contributed by atoms with Gasteiger partial charge in [-0.3, -0.25) is 14.4 Å². The molecule has 206 valence electrons. The van der Waals surface area contributed by atoms with Crippen LogP contribution < -0.4 is 19.7 Å². The molecule has 4 aromatic rings. The summed E-state index contributed by atoms with van der Waals surface area (Å²) >= 11 is 3.46. The molecule has 0 radical (unpaired) electrons. The van der Waals surface area contributed by atoms with Gasteiger partial charge < -0.3 is 19.7 Å². The van der Waals surface area contributed by atoms with Crippen molar-refractivity contribution >= 4 is 50.9 Å². The highest BCUT2D eigenvalue weighted by atomic mass is 79.9. The summed E-state index contributed by atoms with van der Waals surface area (Å²) in [4.78, 5) is 46.1. The summed E-state index contributed by atoms with van der Waals surface area (Å²) < 4.78 is 11.9. The zero-order valence-corrected chi connectivity index (χ0v) is 23.7. The van der Waals surface area contributed by atoms with Crippen molar-refractivity contribution in [2.45, 2.75) is 17.5 Å². The Morgan fingerprint density at radius 3 is 2.45 bits per heavy atom. The maximum Gasteiger partial charge on any atom is 0.238 e. The molecular formula is C34H23BrN2O5. The second kappa shape index (κ2) is 9.16. The van der Waals surface area contributed by atoms with Crippen LogP contribution in [0, 0.1) is 5.92 Å². The van der Waals surface area contributed by atoms with Gasteiger partial charge in [0.2, 0.25) is 12.7 Å². The SMILES string of the molecule is O=C(c1ccc2c(c1)OCO2)[C@@H]1[C@H](C(=O)c2ccc(Br)cc2)N2c3ccccc3C=C[C@H]2[C@@]12C(=O)Nc1ccccc12. The van der Waals surface area contributed by atoms with Crippen molar-refractivity contribution in [3.05, 3.63) is 124 Å². The molecule has 7 nitrogen and oxygen atoms in total. The Morgan fingerprint density at radius 2 is 1.60 bits per heavy atom. The summed E-state index contributed by atoms with van der Waals surface area (Å²) in [5.41, 5.74) is 2.52. The quantitative estimate of drug-likeness (QED) is 0.281. The second-order valence-electron chi connectivity index (χ2n) is 10.9. The van der Waals surface area contributed by atoms with E-state index in [0.29, 0.717) is 33.9 Å². The van der Waals surface area contributed by atoms with E-state index in [0.717, 1.165) is 15.7 Å². The number of ketones is 2. The number of amides is 1. The number of hydrogen-bond donors (Lipinski definition) is 1. The number of hydrogen-bond acceptors (Lipinski definition) is 6. The first-order chi connectivity index (χ1) is 20.5. The summed E-state index contributed by atoms with van der Waals surface area (Å²) in [5.74, 6) is -0.885. The molecule has 1 fully saturated rings. The van der Waals surface area contributed by atoms with Crippen LogP contribution in [0.2, 0.25) is 0 Å². The first-order valence-corrected chi connectivity index (χ1v) is 14.5. The average Bonchev–Trinajstić information content (AvgIpc) is 3.70. The molecular weight excluding hydrogens is 596 g/mol. The van der Waals surface area contributed by atoms with Crippen molar-refractivity contribution < 1.29 is 23.9 Å². The van der Waals surface area contributed by atoms with E-state index in [2.05, 4.69) is 21.2 Å². The normalized spacial score (nSPS) is 24.3. The zero-order valence-electron chi connectivity index (χ0n) is 22.1. The number of Topliss-reactive ketones (excluding diaryl/α,β-unsaturated/α-hetero) is 2. The van der Waals surface area contributed by atoms with E-state index in [1.54, 1.807) is 30.3 Å². The van der Waals surface area contributed by atoms with E-state index < -0.39 is 23.4 Å². The van der Waals surface area contributed by atoms with Crippen LogP contribution in [0.25, 0.3) is 6.08 Å². The van der Waals surface area contributed by atoms with Crippen LogP contribution in [-0.4, -0.2) is 36.4 Å². The number of carbonyl (C=O) groups excluding carboxylic acids is 3. The highest BCUT2D eigenvalue weighted by Crippen LogP contribution is 2.58.